The van der Waals surface area contributed by atoms with Crippen LogP contribution in [-0.2, 0) is 10.0 Å². The van der Waals surface area contributed by atoms with Crippen molar-refractivity contribution in [1.82, 2.24) is 19.2 Å². The first-order valence-corrected chi connectivity index (χ1v) is 9.36. The van der Waals surface area contributed by atoms with Crippen molar-refractivity contribution in [3.8, 4) is 0 Å². The number of H-pyrrole nitrogens is 1. The van der Waals surface area contributed by atoms with Gasteiger partial charge in [-0.05, 0) is 37.2 Å². The molecule has 24 heavy (non-hydrogen) atoms. The number of piperazine rings is 1. The Morgan fingerprint density at radius 3 is 2.75 bits per heavy atom. The molecule has 0 aliphatic carbocycles. The van der Waals surface area contributed by atoms with Crippen LogP contribution in [0.25, 0.3) is 0 Å². The van der Waals surface area contributed by atoms with Crippen molar-refractivity contribution in [2.24, 2.45) is 0 Å². The summed E-state index contributed by atoms with van der Waals surface area (Å²) in [6.07, 6.45) is 3.39. The van der Waals surface area contributed by atoms with Gasteiger partial charge in [-0.2, -0.15) is 4.31 Å². The second-order valence-corrected chi connectivity index (χ2v) is 7.88. The van der Waals surface area contributed by atoms with E-state index >= 15 is 0 Å². The zero-order valence-electron chi connectivity index (χ0n) is 13.7. The van der Waals surface area contributed by atoms with Crippen LogP contribution in [0.15, 0.2) is 35.5 Å². The topological polar surface area (TPSA) is 69.3 Å². The molecule has 0 radical (unpaired) electrons. The molecule has 0 saturated carbocycles. The molecule has 2 heterocycles. The molecular formula is C16H21FN4O2S. The first-order valence-electron chi connectivity index (χ1n) is 7.92. The highest BCUT2D eigenvalue weighted by Gasteiger charge is 2.35. The van der Waals surface area contributed by atoms with Gasteiger partial charge < -0.3 is 4.98 Å². The van der Waals surface area contributed by atoms with E-state index < -0.39 is 15.8 Å². The maximum atomic E-state index is 13.6. The third-order valence-electron chi connectivity index (χ3n) is 4.35. The minimum atomic E-state index is -3.74. The molecule has 1 unspecified atom stereocenters. The maximum Gasteiger partial charge on any atom is 0.243 e. The van der Waals surface area contributed by atoms with E-state index in [1.54, 1.807) is 19.3 Å². The Labute approximate surface area is 141 Å². The van der Waals surface area contributed by atoms with Gasteiger partial charge in [-0.25, -0.2) is 17.8 Å². The van der Waals surface area contributed by atoms with Gasteiger partial charge in [-0.1, -0.05) is 6.92 Å². The van der Waals surface area contributed by atoms with E-state index in [4.69, 9.17) is 0 Å². The monoisotopic (exact) mass is 352 g/mol. The largest absolute Gasteiger partial charge is 0.347 e. The number of hydrogen-bond donors (Lipinski definition) is 1. The molecule has 130 valence electrons. The molecule has 1 aromatic heterocycles. The van der Waals surface area contributed by atoms with Crippen LogP contribution in [0.4, 0.5) is 4.39 Å². The Bertz CT molecular complexity index is 787. The van der Waals surface area contributed by atoms with E-state index in [-0.39, 0.29) is 10.9 Å². The van der Waals surface area contributed by atoms with Gasteiger partial charge >= 0.3 is 0 Å². The van der Waals surface area contributed by atoms with Crippen LogP contribution in [0.5, 0.6) is 0 Å². The number of aromatic amines is 1. The third kappa shape index (κ3) is 3.22. The van der Waals surface area contributed by atoms with Crippen molar-refractivity contribution in [1.29, 1.82) is 0 Å². The fourth-order valence-corrected chi connectivity index (χ4v) is 4.67. The number of rotatable bonds is 4. The minimum absolute atomic E-state index is 0.00291. The lowest BCUT2D eigenvalue weighted by Gasteiger charge is -2.39. The molecule has 6 nitrogen and oxygen atoms in total. The fraction of sp³-hybridized carbons (Fsp3) is 0.438. The number of nitrogens with one attached hydrogen (secondary N) is 1. The highest BCUT2D eigenvalue weighted by Crippen LogP contribution is 2.27. The first kappa shape index (κ1) is 17.1. The van der Waals surface area contributed by atoms with E-state index in [0.29, 0.717) is 25.2 Å². The van der Waals surface area contributed by atoms with Crippen LogP contribution in [0.2, 0.25) is 0 Å². The van der Waals surface area contributed by atoms with Gasteiger partial charge in [-0.3, -0.25) is 4.90 Å². The standard InChI is InChI=1S/C16H21FN4O2S/c1-3-20-6-7-21(11-15(20)16-18-4-5-19-16)24(22,23)14-9-12(2)8-13(17)10-14/h4-5,8-10,15H,3,6-7,11H2,1-2H3,(H,18,19). The van der Waals surface area contributed by atoms with Gasteiger partial charge in [0.05, 0.1) is 10.9 Å². The quantitative estimate of drug-likeness (QED) is 0.913. The molecule has 1 N–H and O–H groups in total. The highest BCUT2D eigenvalue weighted by atomic mass is 32.2. The summed E-state index contributed by atoms with van der Waals surface area (Å²) in [7, 11) is -3.74. The van der Waals surface area contributed by atoms with Crippen LogP contribution < -0.4 is 0 Å². The SMILES string of the molecule is CCN1CCN(S(=O)(=O)c2cc(C)cc(F)c2)CC1c1ncc[nH]1. The Kier molecular flexibility index (Phi) is 4.71. The van der Waals surface area contributed by atoms with E-state index in [9.17, 15) is 12.8 Å². The molecule has 1 atom stereocenters. The van der Waals surface area contributed by atoms with Gasteiger partial charge in [0.15, 0.2) is 0 Å². The van der Waals surface area contributed by atoms with Crippen molar-refractivity contribution >= 4 is 10.0 Å². The van der Waals surface area contributed by atoms with Crippen molar-refractivity contribution in [2.75, 3.05) is 26.2 Å². The molecule has 1 aromatic carbocycles. The second-order valence-electron chi connectivity index (χ2n) is 5.95. The van der Waals surface area contributed by atoms with Crippen LogP contribution in [0.3, 0.4) is 0 Å². The highest BCUT2D eigenvalue weighted by molar-refractivity contribution is 7.89. The van der Waals surface area contributed by atoms with E-state index in [1.807, 2.05) is 6.92 Å². The third-order valence-corrected chi connectivity index (χ3v) is 6.19. The minimum Gasteiger partial charge on any atom is -0.347 e. The predicted octanol–water partition coefficient (Wildman–Crippen LogP) is 1.92. The summed E-state index contributed by atoms with van der Waals surface area (Å²) in [6.45, 7) is 5.80. The van der Waals surface area contributed by atoms with Crippen molar-refractivity contribution in [2.45, 2.75) is 24.8 Å². The molecule has 0 amide bonds. The Morgan fingerprint density at radius 1 is 1.33 bits per heavy atom. The number of halogens is 1. The van der Waals surface area contributed by atoms with Crippen LogP contribution >= 0.6 is 0 Å². The molecule has 8 heteroatoms. The number of nitrogens with zero attached hydrogens (tertiary/aromatic N) is 3. The summed E-state index contributed by atoms with van der Waals surface area (Å²) in [5, 5.41) is 0. The lowest BCUT2D eigenvalue weighted by atomic mass is 10.2. The lowest BCUT2D eigenvalue weighted by Crippen LogP contribution is -2.50. The normalized spacial score (nSPS) is 20.4. The average molecular weight is 352 g/mol. The zero-order valence-corrected chi connectivity index (χ0v) is 14.6. The number of benzene rings is 1. The van der Waals surface area contributed by atoms with Gasteiger partial charge in [0.2, 0.25) is 10.0 Å². The summed E-state index contributed by atoms with van der Waals surface area (Å²) in [6, 6.07) is 3.77. The number of sulfonamides is 1. The molecule has 1 saturated heterocycles. The summed E-state index contributed by atoms with van der Waals surface area (Å²) >= 11 is 0. The molecule has 0 spiro atoms. The molecular weight excluding hydrogens is 331 g/mol. The number of aromatic nitrogens is 2. The summed E-state index contributed by atoms with van der Waals surface area (Å²) in [5.74, 6) is 0.204. The van der Waals surface area contributed by atoms with E-state index in [2.05, 4.69) is 14.9 Å². The maximum absolute atomic E-state index is 13.6. The summed E-state index contributed by atoms with van der Waals surface area (Å²) < 4.78 is 40.9. The molecule has 1 fully saturated rings. The molecule has 3 rings (SSSR count). The Hall–Kier alpha value is -1.77. The summed E-state index contributed by atoms with van der Waals surface area (Å²) in [5.41, 5.74) is 0.586. The number of likely N-dealkylation sites (N-methyl/N-ethyl adjacent to an activating group) is 1. The average Bonchev–Trinajstić information content (AvgIpc) is 3.07. The second kappa shape index (κ2) is 6.62. The fourth-order valence-electron chi connectivity index (χ4n) is 3.11. The van der Waals surface area contributed by atoms with E-state index in [1.165, 1.54) is 16.4 Å². The van der Waals surface area contributed by atoms with Gasteiger partial charge in [0.1, 0.15) is 11.6 Å². The lowest BCUT2D eigenvalue weighted by molar-refractivity contribution is 0.119. The molecule has 0 bridgehead atoms. The van der Waals surface area contributed by atoms with Gasteiger partial charge in [0, 0.05) is 32.0 Å². The van der Waals surface area contributed by atoms with Crippen molar-refractivity contribution in [3.63, 3.8) is 0 Å². The molecule has 2 aromatic rings. The number of hydrogen-bond acceptors (Lipinski definition) is 4. The Balaban J connectivity index is 1.91. The number of imidazole rings is 1. The zero-order chi connectivity index (χ0) is 17.3. The van der Waals surface area contributed by atoms with Crippen molar-refractivity contribution < 1.29 is 12.8 Å². The van der Waals surface area contributed by atoms with Gasteiger partial charge in [0.25, 0.3) is 0 Å². The van der Waals surface area contributed by atoms with Crippen LogP contribution in [0, 0.1) is 12.7 Å². The van der Waals surface area contributed by atoms with Crippen molar-refractivity contribution in [3.05, 3.63) is 47.8 Å². The van der Waals surface area contributed by atoms with Crippen LogP contribution in [-0.4, -0.2) is 53.8 Å². The van der Waals surface area contributed by atoms with Gasteiger partial charge in [-0.15, -0.1) is 0 Å². The van der Waals surface area contributed by atoms with E-state index in [0.717, 1.165) is 18.4 Å². The summed E-state index contributed by atoms with van der Waals surface area (Å²) in [4.78, 5) is 9.53. The Morgan fingerprint density at radius 2 is 2.12 bits per heavy atom. The molecule has 1 aliphatic heterocycles. The van der Waals surface area contributed by atoms with Crippen LogP contribution in [0.1, 0.15) is 24.4 Å². The first-order chi connectivity index (χ1) is 11.4. The smallest absolute Gasteiger partial charge is 0.243 e. The molecule has 1 aliphatic rings. The number of aryl methyl sites for hydroxylation is 1. The predicted molar refractivity (Wildman–Crippen MR) is 88.5 cm³/mol.